The number of nitrogens with one attached hydrogen (secondary N) is 2. The number of ether oxygens (including phenoxy) is 1. The number of H-pyrrole nitrogens is 1. The summed E-state index contributed by atoms with van der Waals surface area (Å²) >= 11 is 0. The predicted octanol–water partition coefficient (Wildman–Crippen LogP) is 2.95. The Morgan fingerprint density at radius 3 is 2.58 bits per heavy atom. The van der Waals surface area contributed by atoms with Gasteiger partial charge in [0.25, 0.3) is 11.6 Å². The van der Waals surface area contributed by atoms with E-state index >= 15 is 0 Å². The molecule has 3 rings (SSSR count). The number of aromatic amines is 1. The minimum absolute atomic E-state index is 0.0567. The number of benzene rings is 2. The number of aromatic hydroxyl groups is 1. The third-order valence-corrected chi connectivity index (χ3v) is 3.65. The molecule has 0 aliphatic rings. The monoisotopic (exact) mass is 354 g/mol. The van der Waals surface area contributed by atoms with E-state index in [0.29, 0.717) is 11.4 Å². The van der Waals surface area contributed by atoms with Crippen molar-refractivity contribution < 1.29 is 19.6 Å². The number of phenols is 1. The SMILES string of the molecule is COc1ccc(-c2cc(C(=O)Nc3ccc([N+](=O)[O-])cc3O)[nH]n2)cc1. The van der Waals surface area contributed by atoms with E-state index in [9.17, 15) is 20.0 Å². The highest BCUT2D eigenvalue weighted by atomic mass is 16.6. The van der Waals surface area contributed by atoms with E-state index in [0.717, 1.165) is 11.6 Å². The molecule has 0 atom stereocenters. The van der Waals surface area contributed by atoms with E-state index in [1.807, 2.05) is 0 Å². The van der Waals surface area contributed by atoms with Crippen LogP contribution in [0.15, 0.2) is 48.5 Å². The van der Waals surface area contributed by atoms with Crippen molar-refractivity contribution in [1.82, 2.24) is 10.2 Å². The third-order valence-electron chi connectivity index (χ3n) is 3.65. The fraction of sp³-hybridized carbons (Fsp3) is 0.0588. The minimum Gasteiger partial charge on any atom is -0.506 e. The number of aromatic nitrogens is 2. The van der Waals surface area contributed by atoms with Crippen molar-refractivity contribution >= 4 is 17.3 Å². The van der Waals surface area contributed by atoms with Gasteiger partial charge in [0.15, 0.2) is 0 Å². The van der Waals surface area contributed by atoms with Crippen molar-refractivity contribution in [2.75, 3.05) is 12.4 Å². The molecular formula is C17H14N4O5. The van der Waals surface area contributed by atoms with Crippen molar-refractivity contribution in [1.29, 1.82) is 0 Å². The first kappa shape index (κ1) is 17.0. The Labute approximate surface area is 147 Å². The number of nitrogens with zero attached hydrogens (tertiary/aromatic N) is 2. The zero-order valence-electron chi connectivity index (χ0n) is 13.6. The van der Waals surface area contributed by atoms with Gasteiger partial charge in [-0.05, 0) is 36.4 Å². The number of non-ortho nitro benzene ring substituents is 1. The maximum Gasteiger partial charge on any atom is 0.273 e. The van der Waals surface area contributed by atoms with Crippen molar-refractivity contribution in [2.24, 2.45) is 0 Å². The van der Waals surface area contributed by atoms with Gasteiger partial charge in [0.1, 0.15) is 17.2 Å². The summed E-state index contributed by atoms with van der Waals surface area (Å²) in [5.74, 6) is -0.236. The second-order valence-electron chi connectivity index (χ2n) is 5.31. The number of carbonyl (C=O) groups excluding carboxylic acids is 1. The molecule has 9 heteroatoms. The zero-order valence-corrected chi connectivity index (χ0v) is 13.6. The van der Waals surface area contributed by atoms with Gasteiger partial charge in [-0.25, -0.2) is 0 Å². The largest absolute Gasteiger partial charge is 0.506 e. The number of rotatable bonds is 5. The van der Waals surface area contributed by atoms with E-state index in [1.54, 1.807) is 37.4 Å². The van der Waals surface area contributed by atoms with Crippen LogP contribution in [0.1, 0.15) is 10.5 Å². The molecule has 9 nitrogen and oxygen atoms in total. The molecule has 0 aliphatic heterocycles. The summed E-state index contributed by atoms with van der Waals surface area (Å²) in [6, 6.07) is 12.1. The molecule has 132 valence electrons. The average molecular weight is 354 g/mol. The van der Waals surface area contributed by atoms with Gasteiger partial charge in [-0.2, -0.15) is 5.10 Å². The Balaban J connectivity index is 1.76. The van der Waals surface area contributed by atoms with Crippen molar-refractivity contribution in [2.45, 2.75) is 0 Å². The molecule has 1 heterocycles. The molecule has 0 unspecified atom stereocenters. The van der Waals surface area contributed by atoms with Gasteiger partial charge in [-0.15, -0.1) is 0 Å². The van der Waals surface area contributed by atoms with Crippen LogP contribution in [0, 0.1) is 10.1 Å². The van der Waals surface area contributed by atoms with Crippen molar-refractivity contribution in [3.63, 3.8) is 0 Å². The summed E-state index contributed by atoms with van der Waals surface area (Å²) in [5.41, 5.74) is 1.31. The average Bonchev–Trinajstić information content (AvgIpc) is 3.13. The smallest absolute Gasteiger partial charge is 0.273 e. The summed E-state index contributed by atoms with van der Waals surface area (Å²) < 4.78 is 5.09. The van der Waals surface area contributed by atoms with Gasteiger partial charge >= 0.3 is 0 Å². The lowest BCUT2D eigenvalue weighted by Gasteiger charge is -2.05. The van der Waals surface area contributed by atoms with Crippen LogP contribution in [0.5, 0.6) is 11.5 Å². The first-order chi connectivity index (χ1) is 12.5. The number of carbonyl (C=O) groups is 1. The minimum atomic E-state index is -0.638. The van der Waals surface area contributed by atoms with Gasteiger partial charge in [0, 0.05) is 11.6 Å². The van der Waals surface area contributed by atoms with Crippen LogP contribution in [-0.4, -0.2) is 33.2 Å². The normalized spacial score (nSPS) is 10.3. The van der Waals surface area contributed by atoms with Crippen LogP contribution in [0.25, 0.3) is 11.3 Å². The quantitative estimate of drug-likeness (QED) is 0.367. The maximum atomic E-state index is 12.3. The Morgan fingerprint density at radius 2 is 1.96 bits per heavy atom. The summed E-state index contributed by atoms with van der Waals surface area (Å²) in [7, 11) is 1.57. The van der Waals surface area contributed by atoms with Crippen molar-refractivity contribution in [3.8, 4) is 22.8 Å². The van der Waals surface area contributed by atoms with Crippen LogP contribution in [0.4, 0.5) is 11.4 Å². The number of hydrogen-bond donors (Lipinski definition) is 3. The molecule has 0 radical (unpaired) electrons. The molecule has 0 saturated heterocycles. The molecule has 0 bridgehead atoms. The molecular weight excluding hydrogens is 340 g/mol. The summed E-state index contributed by atoms with van der Waals surface area (Å²) in [4.78, 5) is 22.3. The van der Waals surface area contributed by atoms with Crippen LogP contribution in [0.2, 0.25) is 0 Å². The number of nitro benzene ring substituents is 1. The molecule has 26 heavy (non-hydrogen) atoms. The van der Waals surface area contributed by atoms with Gasteiger partial charge in [-0.1, -0.05) is 0 Å². The summed E-state index contributed by atoms with van der Waals surface area (Å²) in [6.07, 6.45) is 0. The maximum absolute atomic E-state index is 12.3. The standard InChI is InChI=1S/C17H14N4O5/c1-26-12-5-2-10(3-6-12)14-9-15(20-19-14)17(23)18-13-7-4-11(21(24)25)8-16(13)22/h2-9,22H,1H3,(H,18,23)(H,19,20). The van der Waals surface area contributed by atoms with Crippen LogP contribution in [0.3, 0.4) is 0 Å². The third kappa shape index (κ3) is 3.46. The molecule has 2 aromatic carbocycles. The van der Waals surface area contributed by atoms with E-state index in [1.165, 1.54) is 12.1 Å². The first-order valence-electron chi connectivity index (χ1n) is 7.46. The Bertz CT molecular complexity index is 966. The molecule has 0 aliphatic carbocycles. The van der Waals surface area contributed by atoms with Crippen molar-refractivity contribution in [3.05, 3.63) is 64.3 Å². The van der Waals surface area contributed by atoms with Crippen LogP contribution in [-0.2, 0) is 0 Å². The Kier molecular flexibility index (Phi) is 4.52. The van der Waals surface area contributed by atoms with E-state index in [4.69, 9.17) is 4.74 Å². The topological polar surface area (TPSA) is 130 Å². The lowest BCUT2D eigenvalue weighted by Crippen LogP contribution is -2.12. The summed E-state index contributed by atoms with van der Waals surface area (Å²) in [5, 5.41) is 29.7. The number of hydrogen-bond acceptors (Lipinski definition) is 6. The van der Waals surface area contributed by atoms with Gasteiger partial charge < -0.3 is 15.2 Å². The molecule has 1 aromatic heterocycles. The zero-order chi connectivity index (χ0) is 18.7. The second-order valence-corrected chi connectivity index (χ2v) is 5.31. The molecule has 0 spiro atoms. The lowest BCUT2D eigenvalue weighted by atomic mass is 10.1. The predicted molar refractivity (Wildman–Crippen MR) is 93.3 cm³/mol. The van der Waals surface area contributed by atoms with E-state index in [2.05, 4.69) is 15.5 Å². The van der Waals surface area contributed by atoms with Gasteiger partial charge in [0.2, 0.25) is 0 Å². The second kappa shape index (κ2) is 6.93. The highest BCUT2D eigenvalue weighted by molar-refractivity contribution is 6.04. The summed E-state index contributed by atoms with van der Waals surface area (Å²) in [6.45, 7) is 0. The highest BCUT2D eigenvalue weighted by Crippen LogP contribution is 2.28. The number of nitro groups is 1. The lowest BCUT2D eigenvalue weighted by molar-refractivity contribution is -0.384. The van der Waals surface area contributed by atoms with E-state index < -0.39 is 16.6 Å². The number of anilines is 1. The van der Waals surface area contributed by atoms with Gasteiger partial charge in [-0.3, -0.25) is 20.0 Å². The molecule has 0 fully saturated rings. The molecule has 3 aromatic rings. The Hall–Kier alpha value is -3.88. The van der Waals surface area contributed by atoms with Crippen LogP contribution >= 0.6 is 0 Å². The highest BCUT2D eigenvalue weighted by Gasteiger charge is 2.15. The number of amides is 1. The van der Waals surface area contributed by atoms with Gasteiger partial charge in [0.05, 0.1) is 29.5 Å². The molecule has 0 saturated carbocycles. The van der Waals surface area contributed by atoms with E-state index in [-0.39, 0.29) is 17.1 Å². The Morgan fingerprint density at radius 1 is 1.23 bits per heavy atom. The number of phenolic OH excluding ortho intramolecular Hbond substituents is 1. The fourth-order valence-electron chi connectivity index (χ4n) is 2.28. The molecule has 1 amide bonds. The first-order valence-corrected chi connectivity index (χ1v) is 7.46. The number of methoxy groups -OCH3 is 1. The van der Waals surface area contributed by atoms with Crippen LogP contribution < -0.4 is 10.1 Å². The fourth-order valence-corrected chi connectivity index (χ4v) is 2.28. The molecule has 3 N–H and O–H groups in total.